The highest BCUT2D eigenvalue weighted by Gasteiger charge is 2.37. The van der Waals surface area contributed by atoms with Crippen LogP contribution in [0.15, 0.2) is 78.4 Å². The summed E-state index contributed by atoms with van der Waals surface area (Å²) < 4.78 is 5.50. The molecular formula is C26H20ClN3O5. The average molecular weight is 490 g/mol. The van der Waals surface area contributed by atoms with Gasteiger partial charge in [-0.3, -0.25) is 19.7 Å². The molecule has 3 aromatic rings. The number of benzene rings is 3. The second kappa shape index (κ2) is 10.2. The zero-order valence-electron chi connectivity index (χ0n) is 18.6. The Morgan fingerprint density at radius 1 is 1.00 bits per heavy atom. The van der Waals surface area contributed by atoms with Crippen molar-refractivity contribution in [3.05, 3.63) is 94.5 Å². The SMILES string of the molecule is Cc1c(Cl)cccc1N1C(=O)NC(=O)/C(=C\c2ccc(OCC(=O)Nc3ccccc3)cc2)C1=O. The van der Waals surface area contributed by atoms with E-state index in [9.17, 15) is 19.2 Å². The lowest BCUT2D eigenvalue weighted by atomic mass is 10.1. The molecule has 9 heteroatoms. The Morgan fingerprint density at radius 3 is 2.43 bits per heavy atom. The molecule has 1 saturated heterocycles. The predicted molar refractivity (Wildman–Crippen MR) is 132 cm³/mol. The third-order valence-corrected chi connectivity index (χ3v) is 5.61. The van der Waals surface area contributed by atoms with Gasteiger partial charge in [0.05, 0.1) is 5.69 Å². The van der Waals surface area contributed by atoms with Crippen molar-refractivity contribution >= 4 is 52.8 Å². The van der Waals surface area contributed by atoms with Crippen molar-refractivity contribution in [3.63, 3.8) is 0 Å². The lowest BCUT2D eigenvalue weighted by molar-refractivity contribution is -0.122. The van der Waals surface area contributed by atoms with Crippen LogP contribution >= 0.6 is 11.6 Å². The van der Waals surface area contributed by atoms with Crippen LogP contribution in [0.3, 0.4) is 0 Å². The zero-order chi connectivity index (χ0) is 24.9. The average Bonchev–Trinajstić information content (AvgIpc) is 2.84. The number of amides is 5. The molecule has 2 N–H and O–H groups in total. The molecule has 1 aliphatic rings. The lowest BCUT2D eigenvalue weighted by Gasteiger charge is -2.27. The summed E-state index contributed by atoms with van der Waals surface area (Å²) >= 11 is 6.14. The zero-order valence-corrected chi connectivity index (χ0v) is 19.3. The summed E-state index contributed by atoms with van der Waals surface area (Å²) in [5.41, 5.74) is 1.81. The van der Waals surface area contributed by atoms with Crippen LogP contribution in [0.25, 0.3) is 6.08 Å². The third kappa shape index (κ3) is 5.39. The Balaban J connectivity index is 1.47. The van der Waals surface area contributed by atoms with E-state index < -0.39 is 17.8 Å². The maximum Gasteiger partial charge on any atom is 0.335 e. The Hall–Kier alpha value is -4.43. The Kier molecular flexibility index (Phi) is 6.93. The summed E-state index contributed by atoms with van der Waals surface area (Å²) in [6.07, 6.45) is 1.38. The van der Waals surface area contributed by atoms with Crippen LogP contribution in [0.2, 0.25) is 5.02 Å². The molecule has 1 fully saturated rings. The van der Waals surface area contributed by atoms with Crippen LogP contribution in [0, 0.1) is 6.92 Å². The number of carbonyl (C=O) groups is 4. The van der Waals surface area contributed by atoms with Crippen LogP contribution in [0.1, 0.15) is 11.1 Å². The number of hydrogen-bond acceptors (Lipinski definition) is 5. The molecule has 0 bridgehead atoms. The van der Waals surface area contributed by atoms with Gasteiger partial charge in [0.25, 0.3) is 17.7 Å². The molecular weight excluding hydrogens is 470 g/mol. The van der Waals surface area contributed by atoms with E-state index in [1.165, 1.54) is 6.08 Å². The standard InChI is InChI=1S/C26H20ClN3O5/c1-16-21(27)8-5-9-22(16)30-25(33)20(24(32)29-26(30)34)14-17-10-12-19(13-11-17)35-15-23(31)28-18-6-3-2-4-7-18/h2-14H,15H2,1H3,(H,28,31)(H,29,32,34)/b20-14+. The summed E-state index contributed by atoms with van der Waals surface area (Å²) in [5.74, 6) is -1.44. The summed E-state index contributed by atoms with van der Waals surface area (Å²) in [6.45, 7) is 1.49. The molecule has 1 heterocycles. The van der Waals surface area contributed by atoms with Crippen molar-refractivity contribution in [1.29, 1.82) is 0 Å². The van der Waals surface area contributed by atoms with Crippen LogP contribution in [0.5, 0.6) is 5.75 Å². The highest BCUT2D eigenvalue weighted by molar-refractivity contribution is 6.39. The smallest absolute Gasteiger partial charge is 0.335 e. The molecule has 35 heavy (non-hydrogen) atoms. The number of barbiturate groups is 1. The normalized spacial score (nSPS) is 14.6. The van der Waals surface area contributed by atoms with Gasteiger partial charge in [-0.25, -0.2) is 9.69 Å². The molecule has 0 unspecified atom stereocenters. The quantitative estimate of drug-likeness (QED) is 0.396. The first-order valence-corrected chi connectivity index (χ1v) is 11.0. The van der Waals surface area contributed by atoms with Gasteiger partial charge in [-0.2, -0.15) is 0 Å². The molecule has 0 spiro atoms. The molecule has 176 valence electrons. The monoisotopic (exact) mass is 489 g/mol. The lowest BCUT2D eigenvalue weighted by Crippen LogP contribution is -2.54. The summed E-state index contributed by atoms with van der Waals surface area (Å²) in [4.78, 5) is 50.8. The van der Waals surface area contributed by atoms with Gasteiger partial charge < -0.3 is 10.1 Å². The highest BCUT2D eigenvalue weighted by Crippen LogP contribution is 2.29. The molecule has 0 radical (unpaired) electrons. The fourth-order valence-electron chi connectivity index (χ4n) is 3.41. The first-order chi connectivity index (χ1) is 16.8. The number of hydrogen-bond donors (Lipinski definition) is 2. The highest BCUT2D eigenvalue weighted by atomic mass is 35.5. The van der Waals surface area contributed by atoms with Crippen LogP contribution in [-0.2, 0) is 14.4 Å². The van der Waals surface area contributed by atoms with E-state index >= 15 is 0 Å². The molecule has 0 atom stereocenters. The molecule has 3 aromatic carbocycles. The van der Waals surface area contributed by atoms with Gasteiger partial charge in [0, 0.05) is 10.7 Å². The maximum absolute atomic E-state index is 13.1. The number of ether oxygens (including phenoxy) is 1. The number of imide groups is 2. The first kappa shape index (κ1) is 23.7. The number of nitrogens with one attached hydrogen (secondary N) is 2. The summed E-state index contributed by atoms with van der Waals surface area (Å²) in [6, 6.07) is 19.5. The Labute approximate surface area is 206 Å². The van der Waals surface area contributed by atoms with E-state index in [0.717, 1.165) is 4.90 Å². The van der Waals surface area contributed by atoms with Gasteiger partial charge in [0.2, 0.25) is 0 Å². The van der Waals surface area contributed by atoms with Crippen LogP contribution in [0.4, 0.5) is 16.2 Å². The van der Waals surface area contributed by atoms with Gasteiger partial charge in [-0.15, -0.1) is 0 Å². The van der Waals surface area contributed by atoms with E-state index in [2.05, 4.69) is 10.6 Å². The molecule has 1 aliphatic heterocycles. The molecule has 8 nitrogen and oxygen atoms in total. The second-order valence-electron chi connectivity index (χ2n) is 7.61. The number of nitrogens with zero attached hydrogens (tertiary/aromatic N) is 1. The van der Waals surface area contributed by atoms with Crippen molar-refractivity contribution in [2.45, 2.75) is 6.92 Å². The van der Waals surface area contributed by atoms with Crippen molar-refractivity contribution in [2.24, 2.45) is 0 Å². The fraction of sp³-hybridized carbons (Fsp3) is 0.0769. The minimum Gasteiger partial charge on any atom is -0.484 e. The molecule has 0 saturated carbocycles. The fourth-order valence-corrected chi connectivity index (χ4v) is 3.58. The van der Waals surface area contributed by atoms with Gasteiger partial charge in [0.1, 0.15) is 11.3 Å². The number of carbonyl (C=O) groups excluding carboxylic acids is 4. The summed E-state index contributed by atoms with van der Waals surface area (Å²) in [7, 11) is 0. The number of halogens is 1. The topological polar surface area (TPSA) is 105 Å². The number of anilines is 2. The van der Waals surface area contributed by atoms with Crippen LogP contribution in [-0.4, -0.2) is 30.4 Å². The molecule has 0 aromatic heterocycles. The number of rotatable bonds is 6. The van der Waals surface area contributed by atoms with E-state index in [4.69, 9.17) is 16.3 Å². The molecule has 0 aliphatic carbocycles. The Bertz CT molecular complexity index is 1340. The predicted octanol–water partition coefficient (Wildman–Crippen LogP) is 4.33. The minimum absolute atomic E-state index is 0.188. The van der Waals surface area contributed by atoms with Crippen LogP contribution < -0.4 is 20.3 Å². The largest absolute Gasteiger partial charge is 0.484 e. The van der Waals surface area contributed by atoms with E-state index in [1.54, 1.807) is 61.5 Å². The summed E-state index contributed by atoms with van der Waals surface area (Å²) in [5, 5.41) is 5.29. The number of para-hydroxylation sites is 1. The third-order valence-electron chi connectivity index (χ3n) is 5.20. The van der Waals surface area contributed by atoms with E-state index in [-0.39, 0.29) is 23.8 Å². The van der Waals surface area contributed by atoms with Crippen molar-refractivity contribution < 1.29 is 23.9 Å². The van der Waals surface area contributed by atoms with E-state index in [1.807, 2.05) is 18.2 Å². The van der Waals surface area contributed by atoms with Gasteiger partial charge >= 0.3 is 6.03 Å². The van der Waals surface area contributed by atoms with Gasteiger partial charge in [0.15, 0.2) is 6.61 Å². The van der Waals surface area contributed by atoms with Gasteiger partial charge in [-0.05, 0) is 60.5 Å². The van der Waals surface area contributed by atoms with Crippen molar-refractivity contribution in [2.75, 3.05) is 16.8 Å². The minimum atomic E-state index is -0.847. The Morgan fingerprint density at radius 2 is 1.71 bits per heavy atom. The first-order valence-electron chi connectivity index (χ1n) is 10.6. The molecule has 5 amide bonds. The van der Waals surface area contributed by atoms with Gasteiger partial charge in [-0.1, -0.05) is 48.0 Å². The number of urea groups is 1. The van der Waals surface area contributed by atoms with E-state index in [0.29, 0.717) is 27.6 Å². The van der Waals surface area contributed by atoms with Crippen molar-refractivity contribution in [1.82, 2.24) is 5.32 Å². The second-order valence-corrected chi connectivity index (χ2v) is 8.02. The maximum atomic E-state index is 13.1. The molecule has 4 rings (SSSR count). The van der Waals surface area contributed by atoms with Crippen molar-refractivity contribution in [3.8, 4) is 5.75 Å².